The molecule has 100 valence electrons. The highest BCUT2D eigenvalue weighted by molar-refractivity contribution is 7.89. The molecule has 0 aliphatic carbocycles. The molecule has 2 N–H and O–H groups in total. The monoisotopic (exact) mass is 288 g/mol. The zero-order chi connectivity index (χ0) is 13.2. The molecule has 0 saturated carbocycles. The van der Waals surface area contributed by atoms with Crippen molar-refractivity contribution in [3.8, 4) is 0 Å². The van der Waals surface area contributed by atoms with Gasteiger partial charge in [-0.15, -0.1) is 0 Å². The molecule has 1 aliphatic heterocycles. The van der Waals surface area contributed by atoms with Gasteiger partial charge in [0.15, 0.2) is 0 Å². The van der Waals surface area contributed by atoms with Crippen LogP contribution in [-0.4, -0.2) is 27.0 Å². The van der Waals surface area contributed by atoms with Crippen LogP contribution in [0.3, 0.4) is 0 Å². The molecule has 2 atom stereocenters. The van der Waals surface area contributed by atoms with Gasteiger partial charge in [-0.3, -0.25) is 0 Å². The van der Waals surface area contributed by atoms with Gasteiger partial charge in [-0.05, 0) is 38.4 Å². The van der Waals surface area contributed by atoms with Crippen LogP contribution < -0.4 is 10.0 Å². The quantitative estimate of drug-likeness (QED) is 0.891. The Hall–Kier alpha value is -0.620. The van der Waals surface area contributed by atoms with Crippen LogP contribution in [-0.2, 0) is 10.0 Å². The summed E-state index contributed by atoms with van der Waals surface area (Å²) in [5.41, 5.74) is 0. The number of halogens is 1. The van der Waals surface area contributed by atoms with Crippen LogP contribution in [0.15, 0.2) is 29.2 Å². The first-order valence-corrected chi connectivity index (χ1v) is 7.87. The summed E-state index contributed by atoms with van der Waals surface area (Å²) in [6.07, 6.45) is 1.82. The Kier molecular flexibility index (Phi) is 4.27. The number of hydrogen-bond acceptors (Lipinski definition) is 3. The molecule has 2 rings (SSSR count). The number of nitrogens with one attached hydrogen (secondary N) is 2. The van der Waals surface area contributed by atoms with Crippen molar-refractivity contribution >= 4 is 21.6 Å². The molecule has 0 radical (unpaired) electrons. The van der Waals surface area contributed by atoms with Crippen molar-refractivity contribution < 1.29 is 8.42 Å². The van der Waals surface area contributed by atoms with Crippen LogP contribution >= 0.6 is 11.6 Å². The average molecular weight is 289 g/mol. The first kappa shape index (κ1) is 13.8. The lowest BCUT2D eigenvalue weighted by Gasteiger charge is -2.30. The van der Waals surface area contributed by atoms with E-state index in [1.165, 1.54) is 6.07 Å². The number of rotatable bonds is 3. The maximum Gasteiger partial charge on any atom is 0.242 e. The molecule has 1 saturated heterocycles. The highest BCUT2D eigenvalue weighted by Crippen LogP contribution is 2.21. The molecular weight excluding hydrogens is 272 g/mol. The second-order valence-corrected chi connectivity index (χ2v) is 6.63. The molecule has 6 heteroatoms. The Labute approximate surface area is 113 Å². The normalized spacial score (nSPS) is 25.0. The molecule has 0 bridgehead atoms. The first-order chi connectivity index (χ1) is 8.50. The van der Waals surface area contributed by atoms with E-state index < -0.39 is 10.0 Å². The summed E-state index contributed by atoms with van der Waals surface area (Å²) in [6, 6.07) is 6.54. The van der Waals surface area contributed by atoms with Crippen molar-refractivity contribution in [1.29, 1.82) is 0 Å². The van der Waals surface area contributed by atoms with Crippen molar-refractivity contribution in [2.75, 3.05) is 6.54 Å². The van der Waals surface area contributed by atoms with Gasteiger partial charge < -0.3 is 5.32 Å². The standard InChI is InChI=1S/C12H17ClN2O2S/c1-9-11(6-4-8-14-9)15-18(16,17)12-7-3-2-5-10(12)13/h2-3,5,7,9,11,14-15H,4,6,8H2,1H3. The summed E-state index contributed by atoms with van der Waals surface area (Å²) >= 11 is 5.93. The van der Waals surface area contributed by atoms with E-state index in [-0.39, 0.29) is 22.0 Å². The highest BCUT2D eigenvalue weighted by atomic mass is 35.5. The van der Waals surface area contributed by atoms with Gasteiger partial charge in [0, 0.05) is 12.1 Å². The molecular formula is C12H17ClN2O2S. The Morgan fingerprint density at radius 3 is 2.78 bits per heavy atom. The summed E-state index contributed by atoms with van der Waals surface area (Å²) < 4.78 is 27.2. The minimum Gasteiger partial charge on any atom is -0.313 e. The van der Waals surface area contributed by atoms with E-state index in [1.807, 2.05) is 6.92 Å². The fourth-order valence-corrected chi connectivity index (χ4v) is 4.00. The zero-order valence-electron chi connectivity index (χ0n) is 10.2. The molecule has 1 aliphatic rings. The summed E-state index contributed by atoms with van der Waals surface area (Å²) in [4.78, 5) is 0.143. The lowest BCUT2D eigenvalue weighted by Crippen LogP contribution is -2.51. The van der Waals surface area contributed by atoms with E-state index in [9.17, 15) is 8.42 Å². The summed E-state index contributed by atoms with van der Waals surface area (Å²) in [5, 5.41) is 3.51. The van der Waals surface area contributed by atoms with Gasteiger partial charge >= 0.3 is 0 Å². The maximum absolute atomic E-state index is 12.2. The maximum atomic E-state index is 12.2. The minimum atomic E-state index is -3.55. The molecule has 1 aromatic carbocycles. The van der Waals surface area contributed by atoms with Crippen LogP contribution in [0.2, 0.25) is 5.02 Å². The van der Waals surface area contributed by atoms with E-state index in [4.69, 9.17) is 11.6 Å². The first-order valence-electron chi connectivity index (χ1n) is 6.01. The molecule has 0 spiro atoms. The van der Waals surface area contributed by atoms with Crippen molar-refractivity contribution in [2.45, 2.75) is 36.7 Å². The molecule has 0 aromatic heterocycles. The van der Waals surface area contributed by atoms with Gasteiger partial charge in [0.25, 0.3) is 0 Å². The molecule has 4 nitrogen and oxygen atoms in total. The van der Waals surface area contributed by atoms with Crippen LogP contribution in [0.5, 0.6) is 0 Å². The Bertz CT molecular complexity index is 519. The Balaban J connectivity index is 2.19. The van der Waals surface area contributed by atoms with E-state index in [1.54, 1.807) is 18.2 Å². The predicted octanol–water partition coefficient (Wildman–Crippen LogP) is 1.76. The number of piperidine rings is 1. The van der Waals surface area contributed by atoms with E-state index >= 15 is 0 Å². The third-order valence-corrected chi connectivity index (χ3v) is 5.18. The SMILES string of the molecule is CC1NCCCC1NS(=O)(=O)c1ccccc1Cl. The van der Waals surface area contributed by atoms with Gasteiger partial charge in [-0.1, -0.05) is 23.7 Å². The fourth-order valence-electron chi connectivity index (χ4n) is 2.13. The lowest BCUT2D eigenvalue weighted by atomic mass is 10.0. The van der Waals surface area contributed by atoms with Crippen LogP contribution in [0.1, 0.15) is 19.8 Å². The van der Waals surface area contributed by atoms with Crippen LogP contribution in [0, 0.1) is 0 Å². The van der Waals surface area contributed by atoms with Crippen LogP contribution in [0.4, 0.5) is 0 Å². The van der Waals surface area contributed by atoms with E-state index in [0.717, 1.165) is 19.4 Å². The lowest BCUT2D eigenvalue weighted by molar-refractivity contribution is 0.349. The fraction of sp³-hybridized carbons (Fsp3) is 0.500. The van der Waals surface area contributed by atoms with Gasteiger partial charge in [0.05, 0.1) is 5.02 Å². The number of benzene rings is 1. The predicted molar refractivity (Wildman–Crippen MR) is 72.3 cm³/mol. The van der Waals surface area contributed by atoms with Crippen LogP contribution in [0.25, 0.3) is 0 Å². The third-order valence-electron chi connectivity index (χ3n) is 3.19. The smallest absolute Gasteiger partial charge is 0.242 e. The Morgan fingerprint density at radius 2 is 2.11 bits per heavy atom. The van der Waals surface area contributed by atoms with Gasteiger partial charge in [0.1, 0.15) is 4.90 Å². The van der Waals surface area contributed by atoms with Crippen molar-refractivity contribution in [1.82, 2.24) is 10.0 Å². The van der Waals surface area contributed by atoms with E-state index in [0.29, 0.717) is 0 Å². The topological polar surface area (TPSA) is 58.2 Å². The number of sulfonamides is 1. The third kappa shape index (κ3) is 3.03. The molecule has 0 amide bonds. The summed E-state index contributed by atoms with van der Waals surface area (Å²) in [7, 11) is -3.55. The molecule has 1 aromatic rings. The molecule has 2 unspecified atom stereocenters. The zero-order valence-corrected chi connectivity index (χ0v) is 11.8. The summed E-state index contributed by atoms with van der Waals surface area (Å²) in [5.74, 6) is 0. The Morgan fingerprint density at radius 1 is 1.39 bits per heavy atom. The number of hydrogen-bond donors (Lipinski definition) is 2. The van der Waals surface area contributed by atoms with Crippen molar-refractivity contribution in [2.24, 2.45) is 0 Å². The average Bonchev–Trinajstić information content (AvgIpc) is 2.32. The van der Waals surface area contributed by atoms with Gasteiger partial charge in [-0.2, -0.15) is 0 Å². The van der Waals surface area contributed by atoms with Gasteiger partial charge in [-0.25, -0.2) is 13.1 Å². The minimum absolute atomic E-state index is 0.0833. The van der Waals surface area contributed by atoms with Gasteiger partial charge in [0.2, 0.25) is 10.0 Å². The highest BCUT2D eigenvalue weighted by Gasteiger charge is 2.27. The van der Waals surface area contributed by atoms with E-state index in [2.05, 4.69) is 10.0 Å². The largest absolute Gasteiger partial charge is 0.313 e. The second kappa shape index (κ2) is 5.57. The molecule has 1 heterocycles. The molecule has 18 heavy (non-hydrogen) atoms. The molecule has 1 fully saturated rings. The second-order valence-electron chi connectivity index (χ2n) is 4.54. The van der Waals surface area contributed by atoms with Crippen molar-refractivity contribution in [3.05, 3.63) is 29.3 Å². The summed E-state index contributed by atoms with van der Waals surface area (Å²) in [6.45, 7) is 2.92. The van der Waals surface area contributed by atoms with Crippen molar-refractivity contribution in [3.63, 3.8) is 0 Å².